The van der Waals surface area contributed by atoms with Crippen molar-refractivity contribution in [2.24, 2.45) is 0 Å². The third-order valence-corrected chi connectivity index (χ3v) is 4.12. The molecule has 0 saturated carbocycles. The fraction of sp³-hybridized carbons (Fsp3) is 0.200. The Hall–Kier alpha value is -3.12. The van der Waals surface area contributed by atoms with Gasteiger partial charge in [-0.3, -0.25) is 0 Å². The largest absolute Gasteiger partial charge is 0.491 e. The first-order chi connectivity index (χ1) is 12.7. The summed E-state index contributed by atoms with van der Waals surface area (Å²) in [6, 6.07) is 19.3. The lowest BCUT2D eigenvalue weighted by atomic mass is 10.2. The summed E-state index contributed by atoms with van der Waals surface area (Å²) < 4.78 is 7.43. The van der Waals surface area contributed by atoms with Crippen LogP contribution in [0.5, 0.6) is 5.75 Å². The molecule has 0 fully saturated rings. The van der Waals surface area contributed by atoms with Crippen LogP contribution in [-0.2, 0) is 0 Å². The standard InChI is InChI=1S/C20H20N4O2/c1-14-11-19-22-20(17-9-5-6-10-18(17)24(19)23-14)21-12-15(25)13-26-16-7-3-2-4-8-16/h2-11,15,25H,12-13H2,1H3,(H,21,22)/t15-/m0/s1. The van der Waals surface area contributed by atoms with Crippen LogP contribution in [0.3, 0.4) is 0 Å². The summed E-state index contributed by atoms with van der Waals surface area (Å²) in [4.78, 5) is 4.65. The smallest absolute Gasteiger partial charge is 0.158 e. The van der Waals surface area contributed by atoms with Gasteiger partial charge in [-0.05, 0) is 31.2 Å². The third-order valence-electron chi connectivity index (χ3n) is 4.12. The Morgan fingerprint density at radius 1 is 1.12 bits per heavy atom. The van der Waals surface area contributed by atoms with Crippen LogP contribution in [0.2, 0.25) is 0 Å². The van der Waals surface area contributed by atoms with Crippen molar-refractivity contribution in [1.29, 1.82) is 0 Å². The van der Waals surface area contributed by atoms with E-state index in [1.54, 1.807) is 0 Å². The summed E-state index contributed by atoms with van der Waals surface area (Å²) in [5.41, 5.74) is 2.66. The topological polar surface area (TPSA) is 71.7 Å². The van der Waals surface area contributed by atoms with E-state index in [4.69, 9.17) is 4.74 Å². The average molecular weight is 348 g/mol. The number of aliphatic hydroxyl groups is 1. The van der Waals surface area contributed by atoms with E-state index < -0.39 is 6.10 Å². The van der Waals surface area contributed by atoms with Gasteiger partial charge in [0.2, 0.25) is 0 Å². The molecule has 4 aromatic rings. The zero-order valence-electron chi connectivity index (χ0n) is 14.5. The molecular weight excluding hydrogens is 328 g/mol. The molecular formula is C20H20N4O2. The number of para-hydroxylation sites is 2. The predicted octanol–water partition coefficient (Wildman–Crippen LogP) is 3.04. The Morgan fingerprint density at radius 3 is 2.73 bits per heavy atom. The summed E-state index contributed by atoms with van der Waals surface area (Å²) in [6.07, 6.45) is -0.654. The molecule has 0 unspecified atom stereocenters. The number of aliphatic hydroxyl groups excluding tert-OH is 1. The second kappa shape index (κ2) is 7.01. The summed E-state index contributed by atoms with van der Waals surface area (Å²) in [5, 5.41) is 18.9. The molecule has 132 valence electrons. The molecule has 6 heteroatoms. The number of rotatable bonds is 6. The molecule has 2 aromatic heterocycles. The molecule has 2 N–H and O–H groups in total. The first-order valence-corrected chi connectivity index (χ1v) is 8.55. The first-order valence-electron chi connectivity index (χ1n) is 8.55. The van der Waals surface area contributed by atoms with E-state index >= 15 is 0 Å². The van der Waals surface area contributed by atoms with Crippen LogP contribution in [0.4, 0.5) is 5.82 Å². The van der Waals surface area contributed by atoms with Gasteiger partial charge in [0.15, 0.2) is 5.65 Å². The highest BCUT2D eigenvalue weighted by Gasteiger charge is 2.11. The summed E-state index contributed by atoms with van der Waals surface area (Å²) >= 11 is 0. The monoisotopic (exact) mass is 348 g/mol. The molecule has 4 rings (SSSR count). The van der Waals surface area contributed by atoms with E-state index in [0.29, 0.717) is 6.54 Å². The van der Waals surface area contributed by atoms with E-state index in [-0.39, 0.29) is 6.61 Å². The molecule has 0 aliphatic rings. The number of benzene rings is 2. The Morgan fingerprint density at radius 2 is 1.88 bits per heavy atom. The summed E-state index contributed by atoms with van der Waals surface area (Å²) in [5.74, 6) is 1.47. The number of hydrogen-bond acceptors (Lipinski definition) is 5. The number of nitrogens with one attached hydrogen (secondary N) is 1. The minimum atomic E-state index is -0.654. The minimum absolute atomic E-state index is 0.211. The molecule has 26 heavy (non-hydrogen) atoms. The van der Waals surface area contributed by atoms with Crippen LogP contribution in [-0.4, -0.2) is 39.0 Å². The Bertz CT molecular complexity index is 1030. The van der Waals surface area contributed by atoms with Crippen LogP contribution in [0.1, 0.15) is 5.69 Å². The number of anilines is 1. The lowest BCUT2D eigenvalue weighted by molar-refractivity contribution is 0.117. The molecule has 0 amide bonds. The average Bonchev–Trinajstić information content (AvgIpc) is 3.05. The molecule has 0 radical (unpaired) electrons. The molecule has 0 spiro atoms. The Labute approximate surface area is 151 Å². The first kappa shape index (κ1) is 16.4. The van der Waals surface area contributed by atoms with Gasteiger partial charge in [-0.1, -0.05) is 30.3 Å². The lowest BCUT2D eigenvalue weighted by Crippen LogP contribution is -2.26. The highest BCUT2D eigenvalue weighted by molar-refractivity contribution is 5.91. The second-order valence-corrected chi connectivity index (χ2v) is 6.19. The minimum Gasteiger partial charge on any atom is -0.491 e. The van der Waals surface area contributed by atoms with Gasteiger partial charge in [0.25, 0.3) is 0 Å². The van der Waals surface area contributed by atoms with Crippen LogP contribution in [0.15, 0.2) is 60.7 Å². The molecule has 0 bridgehead atoms. The van der Waals surface area contributed by atoms with Gasteiger partial charge in [0.1, 0.15) is 24.3 Å². The third kappa shape index (κ3) is 3.32. The fourth-order valence-corrected chi connectivity index (χ4v) is 2.89. The highest BCUT2D eigenvalue weighted by Crippen LogP contribution is 2.23. The molecule has 0 aliphatic heterocycles. The van der Waals surface area contributed by atoms with Crippen molar-refractivity contribution in [3.63, 3.8) is 0 Å². The van der Waals surface area contributed by atoms with Crippen LogP contribution >= 0.6 is 0 Å². The van der Waals surface area contributed by atoms with Crippen molar-refractivity contribution in [3.05, 3.63) is 66.4 Å². The fourth-order valence-electron chi connectivity index (χ4n) is 2.89. The number of hydrogen-bond donors (Lipinski definition) is 2. The van der Waals surface area contributed by atoms with Gasteiger partial charge in [-0.2, -0.15) is 5.10 Å². The molecule has 2 heterocycles. The highest BCUT2D eigenvalue weighted by atomic mass is 16.5. The number of aryl methyl sites for hydroxylation is 1. The summed E-state index contributed by atoms with van der Waals surface area (Å²) in [6.45, 7) is 2.50. The van der Waals surface area contributed by atoms with Crippen LogP contribution < -0.4 is 10.1 Å². The van der Waals surface area contributed by atoms with Gasteiger partial charge in [0.05, 0.1) is 11.2 Å². The van der Waals surface area contributed by atoms with Crippen molar-refractivity contribution < 1.29 is 9.84 Å². The van der Waals surface area contributed by atoms with Crippen molar-refractivity contribution in [1.82, 2.24) is 14.6 Å². The maximum absolute atomic E-state index is 10.2. The zero-order valence-corrected chi connectivity index (χ0v) is 14.5. The molecule has 6 nitrogen and oxygen atoms in total. The predicted molar refractivity (Wildman–Crippen MR) is 102 cm³/mol. The Balaban J connectivity index is 1.51. The second-order valence-electron chi connectivity index (χ2n) is 6.19. The van der Waals surface area contributed by atoms with Crippen molar-refractivity contribution >= 4 is 22.4 Å². The number of aromatic nitrogens is 3. The molecule has 1 atom stereocenters. The molecule has 0 saturated heterocycles. The maximum atomic E-state index is 10.2. The van der Waals surface area contributed by atoms with Gasteiger partial charge < -0.3 is 15.2 Å². The number of fused-ring (bicyclic) bond motifs is 3. The van der Waals surface area contributed by atoms with E-state index in [9.17, 15) is 5.11 Å². The maximum Gasteiger partial charge on any atom is 0.158 e. The van der Waals surface area contributed by atoms with Crippen LogP contribution in [0, 0.1) is 6.92 Å². The van der Waals surface area contributed by atoms with Crippen molar-refractivity contribution in [2.45, 2.75) is 13.0 Å². The Kier molecular flexibility index (Phi) is 4.41. The van der Waals surface area contributed by atoms with Gasteiger partial charge in [-0.25, -0.2) is 9.50 Å². The quantitative estimate of drug-likeness (QED) is 0.560. The van der Waals surface area contributed by atoms with Crippen molar-refractivity contribution in [2.75, 3.05) is 18.5 Å². The van der Waals surface area contributed by atoms with Gasteiger partial charge in [0, 0.05) is 18.0 Å². The normalized spacial score (nSPS) is 12.4. The van der Waals surface area contributed by atoms with E-state index in [2.05, 4.69) is 15.4 Å². The van der Waals surface area contributed by atoms with Gasteiger partial charge in [-0.15, -0.1) is 0 Å². The number of nitrogens with zero attached hydrogens (tertiary/aromatic N) is 3. The van der Waals surface area contributed by atoms with E-state index in [0.717, 1.165) is 33.8 Å². The van der Waals surface area contributed by atoms with Crippen molar-refractivity contribution in [3.8, 4) is 5.75 Å². The summed E-state index contributed by atoms with van der Waals surface area (Å²) in [7, 11) is 0. The zero-order chi connectivity index (χ0) is 17.9. The molecule has 2 aromatic carbocycles. The van der Waals surface area contributed by atoms with Gasteiger partial charge >= 0.3 is 0 Å². The molecule has 0 aliphatic carbocycles. The van der Waals surface area contributed by atoms with E-state index in [1.165, 1.54) is 0 Å². The lowest BCUT2D eigenvalue weighted by Gasteiger charge is -2.15. The number of ether oxygens (including phenoxy) is 1. The van der Waals surface area contributed by atoms with Crippen LogP contribution in [0.25, 0.3) is 16.6 Å². The SMILES string of the molecule is Cc1cc2nc(NC[C@H](O)COc3ccccc3)c3ccccc3n2n1. The van der Waals surface area contributed by atoms with E-state index in [1.807, 2.05) is 72.1 Å².